The number of hydrogen-bond donors (Lipinski definition) is 1. The van der Waals surface area contributed by atoms with E-state index in [1.807, 2.05) is 0 Å². The molecule has 1 aromatic carbocycles. The molecule has 70 valence electrons. The molecule has 0 saturated carbocycles. The van der Waals surface area contributed by atoms with Crippen LogP contribution in [0, 0.1) is 13.8 Å². The number of nitrogens with two attached hydrogens (primary N) is 1. The Labute approximate surface area is 80.3 Å². The van der Waals surface area contributed by atoms with E-state index in [-0.39, 0.29) is 0 Å². The topological polar surface area (TPSA) is 26.0 Å². The maximum absolute atomic E-state index is 5.55. The molecule has 0 amide bonds. The van der Waals surface area contributed by atoms with Gasteiger partial charge >= 0.3 is 0 Å². The summed E-state index contributed by atoms with van der Waals surface area (Å²) in [7, 11) is 0. The maximum atomic E-state index is 5.55. The van der Waals surface area contributed by atoms with Gasteiger partial charge in [-0.2, -0.15) is 0 Å². The zero-order valence-electron chi connectivity index (χ0n) is 8.43. The molecule has 1 heteroatoms. The number of aryl methyl sites for hydroxylation is 2. The van der Waals surface area contributed by atoms with E-state index in [1.165, 1.54) is 16.7 Å². The quantitative estimate of drug-likeness (QED) is 0.751. The summed E-state index contributed by atoms with van der Waals surface area (Å²) in [5.74, 6) is 0. The average molecular weight is 175 g/mol. The molecule has 0 aliphatic rings. The minimum Gasteiger partial charge on any atom is -0.403 e. The SMILES string of the molecule is C=C(N)CCc1c(C)cccc1C. The summed E-state index contributed by atoms with van der Waals surface area (Å²) in [6.45, 7) is 7.99. The summed E-state index contributed by atoms with van der Waals surface area (Å²) in [5.41, 5.74) is 10.4. The Morgan fingerprint density at radius 3 is 2.31 bits per heavy atom. The first-order valence-corrected chi connectivity index (χ1v) is 4.59. The fourth-order valence-electron chi connectivity index (χ4n) is 1.53. The van der Waals surface area contributed by atoms with E-state index in [1.54, 1.807) is 0 Å². The van der Waals surface area contributed by atoms with Gasteiger partial charge in [-0.3, -0.25) is 0 Å². The Morgan fingerprint density at radius 1 is 1.31 bits per heavy atom. The summed E-state index contributed by atoms with van der Waals surface area (Å²) in [5, 5.41) is 0. The van der Waals surface area contributed by atoms with Gasteiger partial charge in [-0.15, -0.1) is 0 Å². The second-order valence-electron chi connectivity index (χ2n) is 3.53. The van der Waals surface area contributed by atoms with Crippen LogP contribution >= 0.6 is 0 Å². The van der Waals surface area contributed by atoms with E-state index in [0.29, 0.717) is 0 Å². The molecular formula is C12H17N. The number of benzene rings is 1. The summed E-state index contributed by atoms with van der Waals surface area (Å²) >= 11 is 0. The molecule has 0 unspecified atom stereocenters. The minimum atomic E-state index is 0.766. The lowest BCUT2D eigenvalue weighted by Crippen LogP contribution is -1.99. The van der Waals surface area contributed by atoms with E-state index in [4.69, 9.17) is 5.73 Å². The maximum Gasteiger partial charge on any atom is 0.00108 e. The molecule has 0 atom stereocenters. The molecule has 0 aliphatic carbocycles. The molecule has 0 saturated heterocycles. The first-order chi connectivity index (χ1) is 6.11. The van der Waals surface area contributed by atoms with Crippen LogP contribution in [0.1, 0.15) is 23.1 Å². The van der Waals surface area contributed by atoms with Gasteiger partial charge in [0.25, 0.3) is 0 Å². The zero-order valence-corrected chi connectivity index (χ0v) is 8.43. The Balaban J connectivity index is 2.81. The third-order valence-electron chi connectivity index (χ3n) is 2.34. The van der Waals surface area contributed by atoms with Crippen LogP contribution in [0.3, 0.4) is 0 Å². The number of rotatable bonds is 3. The predicted molar refractivity (Wildman–Crippen MR) is 57.6 cm³/mol. The summed E-state index contributed by atoms with van der Waals surface area (Å²) in [6, 6.07) is 6.37. The highest BCUT2D eigenvalue weighted by atomic mass is 14.5. The van der Waals surface area contributed by atoms with Gasteiger partial charge in [0.1, 0.15) is 0 Å². The molecule has 0 heterocycles. The molecule has 0 radical (unpaired) electrons. The average Bonchev–Trinajstić information content (AvgIpc) is 2.03. The van der Waals surface area contributed by atoms with Crippen LogP contribution in [-0.4, -0.2) is 0 Å². The zero-order chi connectivity index (χ0) is 9.84. The van der Waals surface area contributed by atoms with E-state index < -0.39 is 0 Å². The normalized spacial score (nSPS) is 10.0. The largest absolute Gasteiger partial charge is 0.403 e. The van der Waals surface area contributed by atoms with Crippen molar-refractivity contribution in [2.24, 2.45) is 5.73 Å². The molecule has 1 nitrogen and oxygen atoms in total. The lowest BCUT2D eigenvalue weighted by molar-refractivity contribution is 0.913. The van der Waals surface area contributed by atoms with E-state index in [2.05, 4.69) is 38.6 Å². The standard InChI is InChI=1S/C12H17N/c1-9-5-4-6-10(2)12(9)8-7-11(3)13/h4-6H,3,7-8,13H2,1-2H3. The van der Waals surface area contributed by atoms with Crippen molar-refractivity contribution in [1.29, 1.82) is 0 Å². The molecule has 0 spiro atoms. The molecule has 1 rings (SSSR count). The molecule has 0 aromatic heterocycles. The lowest BCUT2D eigenvalue weighted by Gasteiger charge is -2.08. The van der Waals surface area contributed by atoms with Gasteiger partial charge in [-0.05, 0) is 43.4 Å². The van der Waals surface area contributed by atoms with Crippen molar-refractivity contribution >= 4 is 0 Å². The van der Waals surface area contributed by atoms with Gasteiger partial charge in [0.2, 0.25) is 0 Å². The van der Waals surface area contributed by atoms with Crippen molar-refractivity contribution in [3.05, 3.63) is 47.2 Å². The Hall–Kier alpha value is -1.24. The lowest BCUT2D eigenvalue weighted by atomic mass is 9.98. The van der Waals surface area contributed by atoms with Crippen LogP contribution in [0.5, 0.6) is 0 Å². The molecular weight excluding hydrogens is 158 g/mol. The molecule has 0 bridgehead atoms. The van der Waals surface area contributed by atoms with Crippen molar-refractivity contribution in [3.63, 3.8) is 0 Å². The molecule has 13 heavy (non-hydrogen) atoms. The molecule has 1 aromatic rings. The monoisotopic (exact) mass is 175 g/mol. The highest BCUT2D eigenvalue weighted by molar-refractivity contribution is 5.33. The van der Waals surface area contributed by atoms with Gasteiger partial charge in [0.15, 0.2) is 0 Å². The van der Waals surface area contributed by atoms with Crippen LogP contribution in [0.25, 0.3) is 0 Å². The van der Waals surface area contributed by atoms with Gasteiger partial charge in [0, 0.05) is 5.70 Å². The van der Waals surface area contributed by atoms with Crippen LogP contribution in [0.4, 0.5) is 0 Å². The third-order valence-corrected chi connectivity index (χ3v) is 2.34. The van der Waals surface area contributed by atoms with Crippen LogP contribution < -0.4 is 5.73 Å². The summed E-state index contributed by atoms with van der Waals surface area (Å²) in [4.78, 5) is 0. The highest BCUT2D eigenvalue weighted by Crippen LogP contribution is 2.15. The number of allylic oxidation sites excluding steroid dienone is 1. The van der Waals surface area contributed by atoms with Crippen LogP contribution in [0.15, 0.2) is 30.5 Å². The second-order valence-corrected chi connectivity index (χ2v) is 3.53. The minimum absolute atomic E-state index is 0.766. The number of hydrogen-bond acceptors (Lipinski definition) is 1. The molecule has 2 N–H and O–H groups in total. The summed E-state index contributed by atoms with van der Waals surface area (Å²) < 4.78 is 0. The Bertz CT molecular complexity index is 293. The summed E-state index contributed by atoms with van der Waals surface area (Å²) in [6.07, 6.45) is 1.89. The van der Waals surface area contributed by atoms with E-state index in [0.717, 1.165) is 18.5 Å². The van der Waals surface area contributed by atoms with E-state index >= 15 is 0 Å². The first-order valence-electron chi connectivity index (χ1n) is 4.59. The molecule has 0 aliphatic heterocycles. The van der Waals surface area contributed by atoms with Crippen molar-refractivity contribution in [1.82, 2.24) is 0 Å². The van der Waals surface area contributed by atoms with Crippen LogP contribution in [-0.2, 0) is 6.42 Å². The van der Waals surface area contributed by atoms with Crippen molar-refractivity contribution in [2.45, 2.75) is 26.7 Å². The van der Waals surface area contributed by atoms with Gasteiger partial charge in [0.05, 0.1) is 0 Å². The highest BCUT2D eigenvalue weighted by Gasteiger charge is 2.01. The molecule has 0 fully saturated rings. The van der Waals surface area contributed by atoms with Crippen molar-refractivity contribution in [2.75, 3.05) is 0 Å². The predicted octanol–water partition coefficient (Wildman–Crippen LogP) is 2.71. The van der Waals surface area contributed by atoms with Gasteiger partial charge < -0.3 is 5.73 Å². The van der Waals surface area contributed by atoms with Crippen molar-refractivity contribution in [3.8, 4) is 0 Å². The smallest absolute Gasteiger partial charge is 0.00108 e. The van der Waals surface area contributed by atoms with Crippen LogP contribution in [0.2, 0.25) is 0 Å². The fraction of sp³-hybridized carbons (Fsp3) is 0.333. The third kappa shape index (κ3) is 2.62. The van der Waals surface area contributed by atoms with Gasteiger partial charge in [-0.25, -0.2) is 0 Å². The Morgan fingerprint density at radius 2 is 1.85 bits per heavy atom. The second kappa shape index (κ2) is 4.13. The fourth-order valence-corrected chi connectivity index (χ4v) is 1.53. The van der Waals surface area contributed by atoms with Gasteiger partial charge in [-0.1, -0.05) is 24.8 Å². The van der Waals surface area contributed by atoms with E-state index in [9.17, 15) is 0 Å². The Kier molecular flexibility index (Phi) is 3.13. The first kappa shape index (κ1) is 9.85. The van der Waals surface area contributed by atoms with Crippen molar-refractivity contribution < 1.29 is 0 Å².